The second kappa shape index (κ2) is 7.03. The second-order valence-corrected chi connectivity index (χ2v) is 6.25. The predicted molar refractivity (Wildman–Crippen MR) is 108 cm³/mol. The van der Waals surface area contributed by atoms with E-state index < -0.39 is 0 Å². The lowest BCUT2D eigenvalue weighted by Crippen LogP contribution is -1.95. The van der Waals surface area contributed by atoms with E-state index in [2.05, 4.69) is 15.5 Å². The first-order valence-electron chi connectivity index (χ1n) is 8.57. The van der Waals surface area contributed by atoms with Crippen molar-refractivity contribution in [1.29, 1.82) is 0 Å². The van der Waals surface area contributed by atoms with Crippen molar-refractivity contribution in [2.24, 2.45) is 5.10 Å². The van der Waals surface area contributed by atoms with E-state index in [-0.39, 0.29) is 5.82 Å². The maximum atomic E-state index is 13.8. The Kier molecular flexibility index (Phi) is 4.42. The zero-order chi connectivity index (χ0) is 18.8. The molecule has 1 heterocycles. The van der Waals surface area contributed by atoms with E-state index in [4.69, 9.17) is 4.74 Å². The molecule has 1 N–H and O–H groups in total. The van der Waals surface area contributed by atoms with Crippen molar-refractivity contribution < 1.29 is 9.13 Å². The summed E-state index contributed by atoms with van der Waals surface area (Å²) in [6.07, 6.45) is 3.40. The lowest BCUT2D eigenvalue weighted by Gasteiger charge is -2.08. The molecular formula is C22H18FN3O. The van der Waals surface area contributed by atoms with Gasteiger partial charge in [-0.2, -0.15) is 5.10 Å². The molecule has 4 rings (SSSR count). The number of methoxy groups -OCH3 is 1. The SMILES string of the molecule is COc1ccc(/C=N/Nc2ccnc3cc(F)c(C)cc23)c2ccccc12. The molecule has 0 spiro atoms. The lowest BCUT2D eigenvalue weighted by atomic mass is 10.0. The normalized spacial score (nSPS) is 11.4. The summed E-state index contributed by atoms with van der Waals surface area (Å²) < 4.78 is 19.2. The van der Waals surface area contributed by atoms with E-state index >= 15 is 0 Å². The molecule has 4 nitrogen and oxygen atoms in total. The summed E-state index contributed by atoms with van der Waals surface area (Å²) in [6.45, 7) is 1.73. The number of ether oxygens (including phenoxy) is 1. The Morgan fingerprint density at radius 2 is 1.85 bits per heavy atom. The quantitative estimate of drug-likeness (QED) is 0.398. The van der Waals surface area contributed by atoms with Crippen LogP contribution in [-0.2, 0) is 0 Å². The summed E-state index contributed by atoms with van der Waals surface area (Å²) in [5, 5.41) is 7.30. The molecule has 0 bridgehead atoms. The van der Waals surface area contributed by atoms with Gasteiger partial charge in [0.2, 0.25) is 0 Å². The van der Waals surface area contributed by atoms with Gasteiger partial charge in [0.05, 0.1) is 24.5 Å². The standard InChI is InChI=1S/C22H18FN3O/c1-14-11-18-20(9-10-24-21(18)12-19(14)23)26-25-13-15-7-8-22(27-2)17-6-4-3-5-16(15)17/h3-13H,1-2H3,(H,24,26)/b25-13+. The molecule has 0 aliphatic rings. The van der Waals surface area contributed by atoms with Crippen molar-refractivity contribution in [1.82, 2.24) is 4.98 Å². The van der Waals surface area contributed by atoms with Crippen LogP contribution in [0.4, 0.5) is 10.1 Å². The van der Waals surface area contributed by atoms with Gasteiger partial charge in [0.1, 0.15) is 11.6 Å². The van der Waals surface area contributed by atoms with E-state index in [1.54, 1.807) is 32.5 Å². The van der Waals surface area contributed by atoms with Crippen LogP contribution in [0.25, 0.3) is 21.7 Å². The topological polar surface area (TPSA) is 46.5 Å². The minimum Gasteiger partial charge on any atom is -0.496 e. The third-order valence-electron chi connectivity index (χ3n) is 4.55. The molecular weight excluding hydrogens is 341 g/mol. The summed E-state index contributed by atoms with van der Waals surface area (Å²) >= 11 is 0. The number of nitrogens with one attached hydrogen (secondary N) is 1. The summed E-state index contributed by atoms with van der Waals surface area (Å²) in [5.74, 6) is 0.564. The van der Waals surface area contributed by atoms with Crippen LogP contribution >= 0.6 is 0 Å². The Morgan fingerprint density at radius 3 is 2.67 bits per heavy atom. The van der Waals surface area contributed by atoms with Gasteiger partial charge in [0.25, 0.3) is 0 Å². The molecule has 4 aromatic rings. The first-order chi connectivity index (χ1) is 13.2. The van der Waals surface area contributed by atoms with Gasteiger partial charge < -0.3 is 4.74 Å². The van der Waals surface area contributed by atoms with Gasteiger partial charge in [0, 0.05) is 28.6 Å². The molecule has 0 aliphatic carbocycles. The average molecular weight is 359 g/mol. The van der Waals surface area contributed by atoms with E-state index in [1.165, 1.54) is 6.07 Å². The Hall–Kier alpha value is -3.47. The van der Waals surface area contributed by atoms with Crippen LogP contribution in [0.5, 0.6) is 5.75 Å². The minimum atomic E-state index is -0.264. The van der Waals surface area contributed by atoms with E-state index in [9.17, 15) is 4.39 Å². The maximum Gasteiger partial charge on any atom is 0.128 e. The number of aryl methyl sites for hydroxylation is 1. The monoisotopic (exact) mass is 359 g/mol. The number of hydrogen-bond donors (Lipinski definition) is 1. The number of aromatic nitrogens is 1. The van der Waals surface area contributed by atoms with Gasteiger partial charge in [-0.3, -0.25) is 10.4 Å². The van der Waals surface area contributed by atoms with Gasteiger partial charge in [-0.15, -0.1) is 0 Å². The molecule has 0 unspecified atom stereocenters. The molecule has 27 heavy (non-hydrogen) atoms. The number of fused-ring (bicyclic) bond motifs is 2. The highest BCUT2D eigenvalue weighted by Crippen LogP contribution is 2.28. The zero-order valence-corrected chi connectivity index (χ0v) is 15.0. The lowest BCUT2D eigenvalue weighted by molar-refractivity contribution is 0.420. The summed E-state index contributed by atoms with van der Waals surface area (Å²) in [6, 6.07) is 17.0. The van der Waals surface area contributed by atoms with Crippen molar-refractivity contribution in [3.63, 3.8) is 0 Å². The van der Waals surface area contributed by atoms with Gasteiger partial charge in [-0.25, -0.2) is 4.39 Å². The van der Waals surface area contributed by atoms with Crippen LogP contribution in [0, 0.1) is 12.7 Å². The molecule has 5 heteroatoms. The fraction of sp³-hybridized carbons (Fsp3) is 0.0909. The van der Waals surface area contributed by atoms with Crippen molar-refractivity contribution in [3.8, 4) is 5.75 Å². The van der Waals surface area contributed by atoms with Crippen LogP contribution in [-0.4, -0.2) is 18.3 Å². The fourth-order valence-electron chi connectivity index (χ4n) is 3.13. The summed E-state index contributed by atoms with van der Waals surface area (Å²) in [4.78, 5) is 4.22. The van der Waals surface area contributed by atoms with Gasteiger partial charge in [0.15, 0.2) is 0 Å². The Labute approximate surface area is 156 Å². The van der Waals surface area contributed by atoms with Crippen molar-refractivity contribution in [2.75, 3.05) is 12.5 Å². The first kappa shape index (κ1) is 17.0. The molecule has 0 atom stereocenters. The van der Waals surface area contributed by atoms with E-state index in [0.29, 0.717) is 11.1 Å². The van der Waals surface area contributed by atoms with E-state index in [0.717, 1.165) is 33.2 Å². The van der Waals surface area contributed by atoms with Gasteiger partial charge >= 0.3 is 0 Å². The van der Waals surface area contributed by atoms with Gasteiger partial charge in [-0.1, -0.05) is 24.3 Å². The number of benzene rings is 3. The predicted octanol–water partition coefficient (Wildman–Crippen LogP) is 5.29. The van der Waals surface area contributed by atoms with Crippen LogP contribution in [0.15, 0.2) is 65.9 Å². The number of halogens is 1. The third-order valence-corrected chi connectivity index (χ3v) is 4.55. The highest BCUT2D eigenvalue weighted by Gasteiger charge is 2.07. The summed E-state index contributed by atoms with van der Waals surface area (Å²) in [5.41, 5.74) is 5.96. The highest BCUT2D eigenvalue weighted by atomic mass is 19.1. The molecule has 0 fully saturated rings. The third kappa shape index (κ3) is 3.19. The molecule has 0 saturated heterocycles. The molecule has 1 aromatic heterocycles. The minimum absolute atomic E-state index is 0.264. The van der Waals surface area contributed by atoms with Crippen LogP contribution in [0.3, 0.4) is 0 Å². The molecule has 134 valence electrons. The smallest absolute Gasteiger partial charge is 0.128 e. The van der Waals surface area contributed by atoms with Crippen LogP contribution < -0.4 is 10.2 Å². The number of hydrazone groups is 1. The van der Waals surface area contributed by atoms with Crippen molar-refractivity contribution in [3.05, 3.63) is 77.7 Å². The first-order valence-corrected chi connectivity index (χ1v) is 8.57. The second-order valence-electron chi connectivity index (χ2n) is 6.25. The van der Waals surface area contributed by atoms with Gasteiger partial charge in [-0.05, 0) is 42.1 Å². The Balaban J connectivity index is 1.69. The number of rotatable bonds is 4. The van der Waals surface area contributed by atoms with Crippen molar-refractivity contribution in [2.45, 2.75) is 6.92 Å². The Bertz CT molecular complexity index is 1170. The van der Waals surface area contributed by atoms with E-state index in [1.807, 2.05) is 42.5 Å². The fourth-order valence-corrected chi connectivity index (χ4v) is 3.13. The van der Waals surface area contributed by atoms with Crippen LogP contribution in [0.1, 0.15) is 11.1 Å². The number of anilines is 1. The average Bonchev–Trinajstić information content (AvgIpc) is 2.69. The van der Waals surface area contributed by atoms with Crippen LogP contribution in [0.2, 0.25) is 0 Å². The zero-order valence-electron chi connectivity index (χ0n) is 15.0. The Morgan fingerprint density at radius 1 is 1.04 bits per heavy atom. The molecule has 3 aromatic carbocycles. The largest absolute Gasteiger partial charge is 0.496 e. The molecule has 0 saturated carbocycles. The molecule has 0 radical (unpaired) electrons. The highest BCUT2D eigenvalue weighted by molar-refractivity contribution is 6.02. The maximum absolute atomic E-state index is 13.8. The summed E-state index contributed by atoms with van der Waals surface area (Å²) in [7, 11) is 1.66. The number of hydrogen-bond acceptors (Lipinski definition) is 4. The number of pyridine rings is 1. The van der Waals surface area contributed by atoms with Crippen molar-refractivity contribution >= 4 is 33.6 Å². The number of nitrogens with zero attached hydrogens (tertiary/aromatic N) is 2. The molecule has 0 amide bonds. The molecule has 0 aliphatic heterocycles.